The Labute approximate surface area is 88.3 Å². The van der Waals surface area contributed by atoms with Crippen LogP contribution in [0.15, 0.2) is 29.2 Å². The largest absolute Gasteiger partial charge is 0.491 e. The molecule has 2 N–H and O–H groups in total. The van der Waals surface area contributed by atoms with E-state index in [1.807, 2.05) is 18.2 Å². The molecule has 0 radical (unpaired) electrons. The molecular weight excluding hydrogens is 206 g/mol. The molecule has 1 atom stereocenters. The highest BCUT2D eigenvalue weighted by Crippen LogP contribution is 2.31. The van der Waals surface area contributed by atoms with Gasteiger partial charge in [-0.2, -0.15) is 0 Å². The number of para-hydroxylation sites is 1. The molecule has 13 heavy (non-hydrogen) atoms. The topological polar surface area (TPSA) is 35.2 Å². The maximum atomic E-state index is 5.77. The average Bonchev–Trinajstić information content (AvgIpc) is 2.29. The van der Waals surface area contributed by atoms with Crippen LogP contribution in [0.1, 0.15) is 0 Å². The second-order valence-corrected chi connectivity index (χ2v) is 3.89. The molecule has 0 saturated carbocycles. The summed E-state index contributed by atoms with van der Waals surface area (Å²) in [5, 5.41) is 0. The van der Waals surface area contributed by atoms with Gasteiger partial charge in [-0.1, -0.05) is 12.1 Å². The minimum absolute atomic E-state index is 0. The number of hydrogen-bond donors (Lipinski definition) is 1. The number of thioether (sulfide) groups is 1. The maximum absolute atomic E-state index is 5.77. The highest BCUT2D eigenvalue weighted by Gasteiger charge is 2.13. The molecule has 0 bridgehead atoms. The molecular formula is C9H12ClNOS. The molecule has 1 aliphatic heterocycles. The third-order valence-electron chi connectivity index (χ3n) is 1.75. The van der Waals surface area contributed by atoms with Crippen LogP contribution in [0.4, 0.5) is 0 Å². The predicted molar refractivity (Wildman–Crippen MR) is 57.9 cm³/mol. The number of fused-ring (bicyclic) bond motifs is 1. The van der Waals surface area contributed by atoms with Crippen LogP contribution in [0.5, 0.6) is 5.75 Å². The molecule has 4 heteroatoms. The van der Waals surface area contributed by atoms with Gasteiger partial charge in [-0.25, -0.2) is 0 Å². The molecule has 1 aromatic rings. The van der Waals surface area contributed by atoms with Crippen molar-refractivity contribution in [3.05, 3.63) is 24.3 Å². The fourth-order valence-corrected chi connectivity index (χ4v) is 2.06. The number of benzene rings is 1. The van der Waals surface area contributed by atoms with Crippen molar-refractivity contribution in [2.45, 2.75) is 10.9 Å². The molecule has 0 unspecified atom stereocenters. The van der Waals surface area contributed by atoms with Crippen LogP contribution >= 0.6 is 24.2 Å². The van der Waals surface area contributed by atoms with Crippen molar-refractivity contribution in [2.24, 2.45) is 5.73 Å². The van der Waals surface area contributed by atoms with Gasteiger partial charge < -0.3 is 10.5 Å². The molecule has 1 aromatic carbocycles. The van der Waals surface area contributed by atoms with Crippen molar-refractivity contribution in [1.29, 1.82) is 0 Å². The molecule has 0 amide bonds. The van der Waals surface area contributed by atoms with Crippen molar-refractivity contribution in [3.8, 4) is 5.75 Å². The second kappa shape index (κ2) is 4.74. The smallest absolute Gasteiger partial charge is 0.132 e. The second-order valence-electron chi connectivity index (χ2n) is 2.83. The van der Waals surface area contributed by atoms with E-state index >= 15 is 0 Å². The first-order chi connectivity index (χ1) is 5.86. The summed E-state index contributed by atoms with van der Waals surface area (Å²) < 4.78 is 5.51. The van der Waals surface area contributed by atoms with Gasteiger partial charge in [0.2, 0.25) is 0 Å². The highest BCUT2D eigenvalue weighted by atomic mass is 35.5. The normalized spacial score (nSPS) is 20.5. The average molecular weight is 218 g/mol. The Morgan fingerprint density at radius 1 is 1.38 bits per heavy atom. The van der Waals surface area contributed by atoms with Crippen LogP contribution in [0.25, 0.3) is 0 Å². The van der Waals surface area contributed by atoms with Gasteiger partial charge in [0.25, 0.3) is 0 Å². The maximum Gasteiger partial charge on any atom is 0.132 e. The van der Waals surface area contributed by atoms with E-state index in [4.69, 9.17) is 10.5 Å². The van der Waals surface area contributed by atoms with Crippen molar-refractivity contribution in [1.82, 2.24) is 0 Å². The standard InChI is InChI=1S/C9H11NOS.ClH/c10-7-5-11-8-3-1-2-4-9(8)12-6-7;/h1-4,7H,5-6,10H2;1H/t7-;/m1./s1. The van der Waals surface area contributed by atoms with E-state index in [0.29, 0.717) is 6.61 Å². The van der Waals surface area contributed by atoms with Crippen LogP contribution in [-0.4, -0.2) is 18.4 Å². The minimum Gasteiger partial charge on any atom is -0.491 e. The molecule has 0 spiro atoms. The Morgan fingerprint density at radius 2 is 2.15 bits per heavy atom. The zero-order valence-electron chi connectivity index (χ0n) is 7.10. The number of hydrogen-bond acceptors (Lipinski definition) is 3. The van der Waals surface area contributed by atoms with Crippen LogP contribution in [0.2, 0.25) is 0 Å². The minimum atomic E-state index is 0. The lowest BCUT2D eigenvalue weighted by molar-refractivity contribution is 0.295. The molecule has 0 aliphatic carbocycles. The van der Waals surface area contributed by atoms with Crippen molar-refractivity contribution in [3.63, 3.8) is 0 Å². The Balaban J connectivity index is 0.000000845. The predicted octanol–water partition coefficient (Wildman–Crippen LogP) is 1.92. The first kappa shape index (κ1) is 10.7. The van der Waals surface area contributed by atoms with E-state index in [2.05, 4.69) is 6.07 Å². The lowest BCUT2D eigenvalue weighted by atomic mass is 10.3. The van der Waals surface area contributed by atoms with Crippen molar-refractivity contribution >= 4 is 24.2 Å². The van der Waals surface area contributed by atoms with E-state index in [1.54, 1.807) is 11.8 Å². The fraction of sp³-hybridized carbons (Fsp3) is 0.333. The highest BCUT2D eigenvalue weighted by molar-refractivity contribution is 7.99. The fourth-order valence-electron chi connectivity index (χ4n) is 1.13. The zero-order valence-corrected chi connectivity index (χ0v) is 8.74. The summed E-state index contributed by atoms with van der Waals surface area (Å²) in [6.45, 7) is 0.629. The molecule has 2 nitrogen and oxygen atoms in total. The van der Waals surface area contributed by atoms with Gasteiger partial charge >= 0.3 is 0 Å². The van der Waals surface area contributed by atoms with E-state index in [1.165, 1.54) is 4.90 Å². The van der Waals surface area contributed by atoms with Gasteiger partial charge in [0, 0.05) is 16.7 Å². The number of rotatable bonds is 0. The van der Waals surface area contributed by atoms with Gasteiger partial charge in [0.05, 0.1) is 0 Å². The summed E-state index contributed by atoms with van der Waals surface area (Å²) in [6.07, 6.45) is 0. The third kappa shape index (κ3) is 2.53. The lowest BCUT2D eigenvalue weighted by Gasteiger charge is -2.06. The summed E-state index contributed by atoms with van der Waals surface area (Å²) in [5.41, 5.74) is 5.77. The first-order valence-electron chi connectivity index (χ1n) is 3.96. The van der Waals surface area contributed by atoms with Crippen LogP contribution < -0.4 is 10.5 Å². The van der Waals surface area contributed by atoms with Crippen molar-refractivity contribution in [2.75, 3.05) is 12.4 Å². The molecule has 0 saturated heterocycles. The molecule has 0 aromatic heterocycles. The third-order valence-corrected chi connectivity index (χ3v) is 3.00. The van der Waals surface area contributed by atoms with Crippen LogP contribution in [-0.2, 0) is 0 Å². The van der Waals surface area contributed by atoms with E-state index in [0.717, 1.165) is 11.5 Å². The van der Waals surface area contributed by atoms with Gasteiger partial charge in [-0.3, -0.25) is 0 Å². The van der Waals surface area contributed by atoms with E-state index in [9.17, 15) is 0 Å². The quantitative estimate of drug-likeness (QED) is 0.721. The van der Waals surface area contributed by atoms with Gasteiger partial charge in [0.15, 0.2) is 0 Å². The molecule has 2 rings (SSSR count). The summed E-state index contributed by atoms with van der Waals surface area (Å²) >= 11 is 1.77. The Bertz CT molecular complexity index is 255. The monoisotopic (exact) mass is 217 g/mol. The van der Waals surface area contributed by atoms with Gasteiger partial charge in [-0.15, -0.1) is 24.2 Å². The number of ether oxygens (including phenoxy) is 1. The summed E-state index contributed by atoms with van der Waals surface area (Å²) in [7, 11) is 0. The number of halogens is 1. The lowest BCUT2D eigenvalue weighted by Crippen LogP contribution is -2.28. The van der Waals surface area contributed by atoms with Gasteiger partial charge in [-0.05, 0) is 12.1 Å². The van der Waals surface area contributed by atoms with Crippen LogP contribution in [0.3, 0.4) is 0 Å². The zero-order chi connectivity index (χ0) is 8.39. The Morgan fingerprint density at radius 3 is 3.00 bits per heavy atom. The summed E-state index contributed by atoms with van der Waals surface area (Å²) in [5.74, 6) is 1.91. The molecule has 72 valence electrons. The number of nitrogens with two attached hydrogens (primary N) is 1. The first-order valence-corrected chi connectivity index (χ1v) is 4.95. The van der Waals surface area contributed by atoms with E-state index in [-0.39, 0.29) is 18.4 Å². The van der Waals surface area contributed by atoms with Gasteiger partial charge in [0.1, 0.15) is 12.4 Å². The summed E-state index contributed by atoms with van der Waals surface area (Å²) in [6, 6.07) is 8.21. The Hall–Kier alpha value is -0.380. The molecule has 1 heterocycles. The van der Waals surface area contributed by atoms with E-state index < -0.39 is 0 Å². The molecule has 1 aliphatic rings. The molecule has 0 fully saturated rings. The van der Waals surface area contributed by atoms with Crippen molar-refractivity contribution < 1.29 is 4.74 Å². The SMILES string of the molecule is Cl.N[C@@H]1COc2ccccc2SC1. The Kier molecular flexibility index (Phi) is 3.90. The van der Waals surface area contributed by atoms with Crippen LogP contribution in [0, 0.1) is 0 Å². The summed E-state index contributed by atoms with van der Waals surface area (Å²) in [4.78, 5) is 1.20.